The first kappa shape index (κ1) is 14.6. The van der Waals surface area contributed by atoms with E-state index in [1.807, 2.05) is 26.0 Å². The van der Waals surface area contributed by atoms with Crippen LogP contribution in [0.2, 0.25) is 0 Å². The Morgan fingerprint density at radius 2 is 1.81 bits per heavy atom. The van der Waals surface area contributed by atoms with Gasteiger partial charge in [0.15, 0.2) is 0 Å². The molecular weight excluding hydrogens is 206 g/mol. The van der Waals surface area contributed by atoms with Crippen molar-refractivity contribution in [2.75, 3.05) is 6.61 Å². The topological polar surface area (TPSA) is 83.6 Å². The highest BCUT2D eigenvalue weighted by Crippen LogP contribution is 2.19. The first-order valence-electron chi connectivity index (χ1n) is 4.96. The number of benzene rings is 1. The molecule has 4 heteroatoms. The average Bonchev–Trinajstić information content (AvgIpc) is 2.17. The molecule has 4 N–H and O–H groups in total. The molecular formula is C12H19NO3. The molecule has 0 spiro atoms. The average molecular weight is 225 g/mol. The maximum Gasteiger partial charge on any atom is 0.329 e. The van der Waals surface area contributed by atoms with Crippen molar-refractivity contribution in [3.8, 4) is 0 Å². The first-order chi connectivity index (χ1) is 7.29. The Bertz CT molecular complexity index is 342. The lowest BCUT2D eigenvalue weighted by Crippen LogP contribution is -2.29. The van der Waals surface area contributed by atoms with Crippen molar-refractivity contribution in [2.45, 2.75) is 26.3 Å². The lowest BCUT2D eigenvalue weighted by molar-refractivity contribution is -0.140. The Labute approximate surface area is 95.7 Å². The van der Waals surface area contributed by atoms with E-state index in [0.29, 0.717) is 0 Å². The maximum atomic E-state index is 9.12. The SMILES string of the molecule is Cc1ccccc1C(C)(C)N.O=C(O)CO. The van der Waals surface area contributed by atoms with Crippen LogP contribution in [0.1, 0.15) is 25.0 Å². The third-order valence-corrected chi connectivity index (χ3v) is 1.97. The highest BCUT2D eigenvalue weighted by molar-refractivity contribution is 5.67. The van der Waals surface area contributed by atoms with Crippen molar-refractivity contribution in [3.05, 3.63) is 35.4 Å². The molecule has 0 unspecified atom stereocenters. The first-order valence-corrected chi connectivity index (χ1v) is 4.96. The van der Waals surface area contributed by atoms with Gasteiger partial charge in [0, 0.05) is 5.54 Å². The highest BCUT2D eigenvalue weighted by Gasteiger charge is 2.14. The van der Waals surface area contributed by atoms with Gasteiger partial charge in [-0.15, -0.1) is 0 Å². The van der Waals surface area contributed by atoms with Crippen molar-refractivity contribution in [3.63, 3.8) is 0 Å². The molecule has 0 aliphatic heterocycles. The second kappa shape index (κ2) is 6.25. The molecule has 4 nitrogen and oxygen atoms in total. The van der Waals surface area contributed by atoms with Crippen molar-refractivity contribution < 1.29 is 15.0 Å². The number of carbonyl (C=O) groups is 1. The van der Waals surface area contributed by atoms with Crippen LogP contribution in [-0.4, -0.2) is 22.8 Å². The van der Waals surface area contributed by atoms with E-state index in [1.54, 1.807) is 0 Å². The van der Waals surface area contributed by atoms with Gasteiger partial charge in [0.25, 0.3) is 0 Å². The Balaban J connectivity index is 0.000000385. The number of aliphatic hydroxyl groups excluding tert-OH is 1. The molecule has 0 heterocycles. The Morgan fingerprint density at radius 1 is 1.38 bits per heavy atom. The predicted octanol–water partition coefficient (Wildman–Crippen LogP) is 1.25. The highest BCUT2D eigenvalue weighted by atomic mass is 16.4. The number of hydrogen-bond donors (Lipinski definition) is 3. The minimum atomic E-state index is -1.19. The number of aryl methyl sites for hydroxylation is 1. The number of aliphatic hydroxyl groups is 1. The van der Waals surface area contributed by atoms with Gasteiger partial charge in [-0.1, -0.05) is 24.3 Å². The van der Waals surface area contributed by atoms with Crippen LogP contribution < -0.4 is 5.73 Å². The zero-order valence-corrected chi connectivity index (χ0v) is 9.90. The van der Waals surface area contributed by atoms with Crippen LogP contribution in [0.3, 0.4) is 0 Å². The van der Waals surface area contributed by atoms with E-state index in [2.05, 4.69) is 19.1 Å². The largest absolute Gasteiger partial charge is 0.480 e. The molecule has 0 amide bonds. The zero-order chi connectivity index (χ0) is 12.8. The van der Waals surface area contributed by atoms with E-state index in [4.69, 9.17) is 20.7 Å². The van der Waals surface area contributed by atoms with E-state index < -0.39 is 12.6 Å². The molecule has 0 aliphatic rings. The van der Waals surface area contributed by atoms with Crippen molar-refractivity contribution >= 4 is 5.97 Å². The molecule has 16 heavy (non-hydrogen) atoms. The fraction of sp³-hybridized carbons (Fsp3) is 0.417. The maximum absolute atomic E-state index is 9.12. The van der Waals surface area contributed by atoms with E-state index in [1.165, 1.54) is 11.1 Å². The van der Waals surface area contributed by atoms with E-state index in [9.17, 15) is 0 Å². The zero-order valence-electron chi connectivity index (χ0n) is 9.90. The summed E-state index contributed by atoms with van der Waals surface area (Å²) in [7, 11) is 0. The summed E-state index contributed by atoms with van der Waals surface area (Å²) in [5, 5.41) is 15.0. The number of aliphatic carboxylic acids is 1. The third kappa shape index (κ3) is 5.48. The summed E-state index contributed by atoms with van der Waals surface area (Å²) in [5.41, 5.74) is 8.23. The molecule has 0 saturated carbocycles. The summed E-state index contributed by atoms with van der Waals surface area (Å²) in [5.74, 6) is -1.19. The summed E-state index contributed by atoms with van der Waals surface area (Å²) in [6.07, 6.45) is 0. The Morgan fingerprint density at radius 3 is 2.06 bits per heavy atom. The van der Waals surface area contributed by atoms with Crippen LogP contribution in [0, 0.1) is 6.92 Å². The summed E-state index contributed by atoms with van der Waals surface area (Å²) in [4.78, 5) is 9.12. The molecule has 0 aromatic heterocycles. The van der Waals surface area contributed by atoms with E-state index >= 15 is 0 Å². The Kier molecular flexibility index (Phi) is 5.71. The summed E-state index contributed by atoms with van der Waals surface area (Å²) < 4.78 is 0. The minimum absolute atomic E-state index is 0.217. The smallest absolute Gasteiger partial charge is 0.329 e. The van der Waals surface area contributed by atoms with Crippen LogP contribution >= 0.6 is 0 Å². The molecule has 1 aromatic carbocycles. The quantitative estimate of drug-likeness (QED) is 0.707. The number of rotatable bonds is 2. The summed E-state index contributed by atoms with van der Waals surface area (Å²) >= 11 is 0. The van der Waals surface area contributed by atoms with Gasteiger partial charge in [-0.05, 0) is 31.9 Å². The van der Waals surface area contributed by atoms with Crippen LogP contribution in [0.25, 0.3) is 0 Å². The lowest BCUT2D eigenvalue weighted by Gasteiger charge is -2.21. The van der Waals surface area contributed by atoms with Crippen molar-refractivity contribution in [1.82, 2.24) is 0 Å². The Hall–Kier alpha value is -1.39. The van der Waals surface area contributed by atoms with Crippen LogP contribution in [-0.2, 0) is 10.3 Å². The monoisotopic (exact) mass is 225 g/mol. The standard InChI is InChI=1S/C10H15N.C2H4O3/c1-8-6-4-5-7-9(8)10(2,3)11;3-1-2(4)5/h4-7H,11H2,1-3H3;3H,1H2,(H,4,5). The second-order valence-electron chi connectivity index (χ2n) is 4.09. The van der Waals surface area contributed by atoms with E-state index in [0.717, 1.165) is 0 Å². The normalized spacial score (nSPS) is 10.3. The molecule has 0 aliphatic carbocycles. The van der Waals surface area contributed by atoms with Crippen LogP contribution in [0.15, 0.2) is 24.3 Å². The fourth-order valence-corrected chi connectivity index (χ4v) is 1.30. The van der Waals surface area contributed by atoms with Gasteiger partial charge in [0.1, 0.15) is 6.61 Å². The molecule has 0 saturated heterocycles. The van der Waals surface area contributed by atoms with Gasteiger partial charge in [0.05, 0.1) is 0 Å². The minimum Gasteiger partial charge on any atom is -0.480 e. The van der Waals surface area contributed by atoms with Crippen molar-refractivity contribution in [1.29, 1.82) is 0 Å². The van der Waals surface area contributed by atoms with Crippen LogP contribution in [0.4, 0.5) is 0 Å². The number of carboxylic acids is 1. The fourth-order valence-electron chi connectivity index (χ4n) is 1.30. The van der Waals surface area contributed by atoms with Gasteiger partial charge in [-0.25, -0.2) is 4.79 Å². The van der Waals surface area contributed by atoms with Gasteiger partial charge in [-0.3, -0.25) is 0 Å². The van der Waals surface area contributed by atoms with Gasteiger partial charge in [-0.2, -0.15) is 0 Å². The van der Waals surface area contributed by atoms with Crippen LogP contribution in [0.5, 0.6) is 0 Å². The molecule has 0 fully saturated rings. The number of hydrogen-bond acceptors (Lipinski definition) is 3. The molecule has 1 aromatic rings. The molecule has 0 atom stereocenters. The summed E-state index contributed by atoms with van der Waals surface area (Å²) in [6, 6.07) is 8.22. The van der Waals surface area contributed by atoms with Gasteiger partial charge in [0.2, 0.25) is 0 Å². The molecule has 1 rings (SSSR count). The summed E-state index contributed by atoms with van der Waals surface area (Å²) in [6.45, 7) is 5.36. The second-order valence-corrected chi connectivity index (χ2v) is 4.09. The van der Waals surface area contributed by atoms with E-state index in [-0.39, 0.29) is 5.54 Å². The lowest BCUT2D eigenvalue weighted by atomic mass is 9.92. The number of carboxylic acid groups (broad SMARTS) is 1. The molecule has 90 valence electrons. The van der Waals surface area contributed by atoms with Gasteiger partial charge >= 0.3 is 5.97 Å². The van der Waals surface area contributed by atoms with Crippen molar-refractivity contribution in [2.24, 2.45) is 5.73 Å². The van der Waals surface area contributed by atoms with Gasteiger partial charge < -0.3 is 15.9 Å². The molecule has 0 bridgehead atoms. The number of nitrogens with two attached hydrogens (primary N) is 1. The molecule has 0 radical (unpaired) electrons. The third-order valence-electron chi connectivity index (χ3n) is 1.97. The predicted molar refractivity (Wildman–Crippen MR) is 63.1 cm³/mol.